The van der Waals surface area contributed by atoms with Crippen LogP contribution in [-0.4, -0.2) is 35.6 Å². The lowest BCUT2D eigenvalue weighted by Crippen LogP contribution is -2.41. The average Bonchev–Trinajstić information content (AvgIpc) is 3.22. The van der Waals surface area contributed by atoms with Gasteiger partial charge in [-0.2, -0.15) is 5.10 Å². The Labute approximate surface area is 215 Å². The molecule has 3 heterocycles. The number of aryl methyl sites for hydroxylation is 1. The first-order valence-corrected chi connectivity index (χ1v) is 13.6. The summed E-state index contributed by atoms with van der Waals surface area (Å²) in [6.45, 7) is 14.4. The molecular weight excluding hydrogens is 561 g/mol. The van der Waals surface area contributed by atoms with Crippen LogP contribution in [0.25, 0.3) is 0 Å². The van der Waals surface area contributed by atoms with Crippen LogP contribution in [0.2, 0.25) is 0 Å². The van der Waals surface area contributed by atoms with Crippen LogP contribution >= 0.6 is 41.1 Å². The number of nitrogens with zero attached hydrogens (tertiary/aromatic N) is 4. The van der Waals surface area contributed by atoms with Crippen molar-refractivity contribution in [3.63, 3.8) is 0 Å². The molecule has 2 aliphatic rings. The van der Waals surface area contributed by atoms with Crippen molar-refractivity contribution in [1.82, 2.24) is 9.78 Å². The summed E-state index contributed by atoms with van der Waals surface area (Å²) in [5.74, 6) is 0. The van der Waals surface area contributed by atoms with Crippen molar-refractivity contribution in [3.8, 4) is 0 Å². The molecule has 0 aliphatic carbocycles. The predicted octanol–water partition coefficient (Wildman–Crippen LogP) is 5.13. The molecule has 5 nitrogen and oxygen atoms in total. The first kappa shape index (κ1) is 24.9. The molecule has 4 atom stereocenters. The number of halogens is 1. The number of anilines is 2. The van der Waals surface area contributed by atoms with E-state index in [2.05, 4.69) is 120 Å². The summed E-state index contributed by atoms with van der Waals surface area (Å²) < 4.78 is 7.67. The first-order valence-electron chi connectivity index (χ1n) is 11.3. The van der Waals surface area contributed by atoms with Gasteiger partial charge in [-0.15, -0.1) is 18.5 Å². The quantitative estimate of drug-likeness (QED) is 0.264. The van der Waals surface area contributed by atoms with Crippen LogP contribution in [0.5, 0.6) is 0 Å². The van der Waals surface area contributed by atoms with E-state index in [0.29, 0.717) is 0 Å². The molecule has 176 valence electrons. The van der Waals surface area contributed by atoms with Crippen LogP contribution < -0.4 is 15.1 Å². The van der Waals surface area contributed by atoms with Gasteiger partial charge in [0.2, 0.25) is 0 Å². The minimum atomic E-state index is -0.0915. The van der Waals surface area contributed by atoms with Crippen molar-refractivity contribution in [2.24, 2.45) is 0 Å². The fourth-order valence-electron chi connectivity index (χ4n) is 4.33. The molecule has 2 aromatic rings. The normalized spacial score (nSPS) is 20.7. The maximum Gasteiger partial charge on any atom is 0.0722 e. The number of morpholine rings is 1. The molecule has 3 unspecified atom stereocenters. The Kier molecular flexibility index (Phi) is 7.69. The smallest absolute Gasteiger partial charge is 0.0722 e. The average molecular weight is 594 g/mol. The number of aromatic nitrogens is 2. The van der Waals surface area contributed by atoms with E-state index in [9.17, 15) is 0 Å². The van der Waals surface area contributed by atoms with E-state index in [1.54, 1.807) is 0 Å². The Bertz CT molecular complexity index is 1100. The summed E-state index contributed by atoms with van der Waals surface area (Å²) in [7, 11) is 5.98. The SMILES string of the molecule is C=C1C(Cc2cnn(CC)c2)=CC=CN1c1cc(N2CCO[C@H](C)C2)cc(C(C)(P)I)c1P. The maximum atomic E-state index is 5.79. The Hall–Kier alpha value is -1.20. The summed E-state index contributed by atoms with van der Waals surface area (Å²) in [5, 5.41) is 5.62. The van der Waals surface area contributed by atoms with Gasteiger partial charge >= 0.3 is 0 Å². The minimum absolute atomic E-state index is 0.0915. The van der Waals surface area contributed by atoms with Crippen LogP contribution in [0, 0.1) is 0 Å². The fraction of sp³-hybridized carbons (Fsp3) is 0.400. The molecule has 2 aliphatic heterocycles. The topological polar surface area (TPSA) is 33.5 Å². The van der Waals surface area contributed by atoms with Gasteiger partial charge in [-0.3, -0.25) is 4.68 Å². The van der Waals surface area contributed by atoms with Crippen LogP contribution in [0.4, 0.5) is 11.4 Å². The van der Waals surface area contributed by atoms with E-state index >= 15 is 0 Å². The lowest BCUT2D eigenvalue weighted by Gasteiger charge is -2.36. The second-order valence-corrected chi connectivity index (χ2v) is 14.0. The van der Waals surface area contributed by atoms with Crippen LogP contribution in [0.1, 0.15) is 31.9 Å². The zero-order valence-corrected chi connectivity index (χ0v) is 24.1. The Morgan fingerprint density at radius 1 is 1.36 bits per heavy atom. The minimum Gasteiger partial charge on any atom is -0.375 e. The largest absolute Gasteiger partial charge is 0.375 e. The summed E-state index contributed by atoms with van der Waals surface area (Å²) >= 11 is 2.50. The second kappa shape index (κ2) is 10.2. The molecule has 0 amide bonds. The van der Waals surface area contributed by atoms with E-state index in [-0.39, 0.29) is 9.27 Å². The van der Waals surface area contributed by atoms with Gasteiger partial charge in [0, 0.05) is 49.8 Å². The molecule has 1 saturated heterocycles. The molecular formula is C25H33IN4OP2. The van der Waals surface area contributed by atoms with Crippen molar-refractivity contribution in [2.75, 3.05) is 29.5 Å². The zero-order chi connectivity index (χ0) is 23.8. The van der Waals surface area contributed by atoms with E-state index in [0.717, 1.165) is 44.0 Å². The molecule has 0 radical (unpaired) electrons. The van der Waals surface area contributed by atoms with Gasteiger partial charge in [-0.1, -0.05) is 35.2 Å². The Morgan fingerprint density at radius 2 is 2.15 bits per heavy atom. The van der Waals surface area contributed by atoms with E-state index in [1.165, 1.54) is 27.7 Å². The van der Waals surface area contributed by atoms with Crippen LogP contribution in [0.3, 0.4) is 0 Å². The zero-order valence-electron chi connectivity index (χ0n) is 19.6. The summed E-state index contributed by atoms with van der Waals surface area (Å²) in [4.78, 5) is 4.66. The third-order valence-corrected chi connectivity index (χ3v) is 7.63. The Balaban J connectivity index is 1.69. The van der Waals surface area contributed by atoms with Crippen molar-refractivity contribution in [1.29, 1.82) is 0 Å². The highest BCUT2D eigenvalue weighted by Gasteiger charge is 2.27. The van der Waals surface area contributed by atoms with E-state index < -0.39 is 0 Å². The fourth-order valence-corrected chi connectivity index (χ4v) is 6.08. The molecule has 8 heteroatoms. The third-order valence-electron chi connectivity index (χ3n) is 6.13. The number of rotatable bonds is 6. The van der Waals surface area contributed by atoms with E-state index in [4.69, 9.17) is 4.74 Å². The standard InChI is InChI=1S/C25H33IN4OP2/c1-5-29-16-19(14-27-29)11-20-7-6-8-30(18(20)3)23-13-21(28-9-10-31-17(2)15-28)12-22(24(23)32)25(4,26)33/h6-8,12-14,16-17H,3,5,9-11,15,32-33H2,1-2,4H3/t17-,25?/m1/s1. The molecule has 0 saturated carbocycles. The van der Waals surface area contributed by atoms with Crippen molar-refractivity contribution in [3.05, 3.63) is 71.9 Å². The van der Waals surface area contributed by atoms with E-state index in [1.807, 2.05) is 10.9 Å². The number of allylic oxidation sites excluding steroid dienone is 3. The molecule has 0 bridgehead atoms. The molecule has 1 aromatic heterocycles. The highest BCUT2D eigenvalue weighted by Crippen LogP contribution is 2.42. The lowest BCUT2D eigenvalue weighted by molar-refractivity contribution is 0.0532. The highest BCUT2D eigenvalue weighted by molar-refractivity contribution is 14.1. The van der Waals surface area contributed by atoms with Crippen molar-refractivity contribution >= 4 is 57.7 Å². The molecule has 0 N–H and O–H groups in total. The number of ether oxygens (including phenoxy) is 1. The highest BCUT2D eigenvalue weighted by atomic mass is 127. The lowest BCUT2D eigenvalue weighted by atomic mass is 10.0. The summed E-state index contributed by atoms with van der Waals surface area (Å²) in [5.41, 5.74) is 7.06. The van der Waals surface area contributed by atoms with Crippen molar-refractivity contribution < 1.29 is 4.74 Å². The van der Waals surface area contributed by atoms with Gasteiger partial charge in [-0.25, -0.2) is 0 Å². The third kappa shape index (κ3) is 5.56. The molecule has 1 aromatic carbocycles. The van der Waals surface area contributed by atoms with Gasteiger partial charge in [0.05, 0.1) is 27.8 Å². The van der Waals surface area contributed by atoms with Gasteiger partial charge in [0.15, 0.2) is 0 Å². The molecule has 0 spiro atoms. The summed E-state index contributed by atoms with van der Waals surface area (Å²) in [6, 6.07) is 4.63. The first-order chi connectivity index (χ1) is 15.7. The second-order valence-electron chi connectivity index (χ2n) is 8.86. The van der Waals surface area contributed by atoms with Gasteiger partial charge in [0.1, 0.15) is 0 Å². The van der Waals surface area contributed by atoms with Crippen LogP contribution in [-0.2, 0) is 20.9 Å². The molecule has 1 fully saturated rings. The van der Waals surface area contributed by atoms with Gasteiger partial charge < -0.3 is 14.5 Å². The predicted molar refractivity (Wildman–Crippen MR) is 155 cm³/mol. The van der Waals surface area contributed by atoms with Gasteiger partial charge in [0.25, 0.3) is 0 Å². The molecule has 33 heavy (non-hydrogen) atoms. The van der Waals surface area contributed by atoms with Crippen molar-refractivity contribution in [2.45, 2.75) is 43.0 Å². The number of benzene rings is 1. The Morgan fingerprint density at radius 3 is 2.82 bits per heavy atom. The van der Waals surface area contributed by atoms with Crippen LogP contribution in [0.15, 0.2) is 60.7 Å². The molecule has 4 rings (SSSR count). The maximum absolute atomic E-state index is 5.79. The number of hydrogen-bond acceptors (Lipinski definition) is 4. The van der Waals surface area contributed by atoms with Gasteiger partial charge in [-0.05, 0) is 61.0 Å². The monoisotopic (exact) mass is 594 g/mol. The number of alkyl halides is 1. The summed E-state index contributed by atoms with van der Waals surface area (Å²) in [6.07, 6.45) is 11.5. The number of hydrogen-bond donors (Lipinski definition) is 0.